The zero-order valence-electron chi connectivity index (χ0n) is 10.2. The number of para-hydroxylation sites is 1. The van der Waals surface area contributed by atoms with Crippen molar-refractivity contribution in [2.24, 2.45) is 0 Å². The predicted octanol–water partition coefficient (Wildman–Crippen LogP) is 2.78. The van der Waals surface area contributed by atoms with Gasteiger partial charge in [0.25, 0.3) is 5.19 Å². The Morgan fingerprint density at radius 1 is 1.24 bits per heavy atom. The second-order valence-electron chi connectivity index (χ2n) is 3.79. The van der Waals surface area contributed by atoms with Crippen LogP contribution in [0.3, 0.4) is 0 Å². The Kier molecular flexibility index (Phi) is 3.58. The molecule has 0 bridgehead atoms. The molecule has 17 heavy (non-hydrogen) atoms. The van der Waals surface area contributed by atoms with Gasteiger partial charge in [-0.2, -0.15) is 0 Å². The van der Waals surface area contributed by atoms with E-state index in [1.165, 1.54) is 28.2 Å². The van der Waals surface area contributed by atoms with Crippen LogP contribution >= 0.6 is 11.3 Å². The molecule has 90 valence electrons. The molecule has 0 atom stereocenters. The molecule has 0 saturated heterocycles. The monoisotopic (exact) mass is 249 g/mol. The van der Waals surface area contributed by atoms with E-state index in [1.807, 2.05) is 0 Å². The van der Waals surface area contributed by atoms with E-state index in [1.54, 1.807) is 7.11 Å². The third-order valence-electron chi connectivity index (χ3n) is 2.52. The van der Waals surface area contributed by atoms with E-state index >= 15 is 0 Å². The number of aryl methyl sites for hydroxylation is 2. The van der Waals surface area contributed by atoms with Crippen LogP contribution in [0.25, 0.3) is 0 Å². The number of rotatable bonds is 4. The quantitative estimate of drug-likeness (QED) is 0.905. The van der Waals surface area contributed by atoms with Gasteiger partial charge in [0.2, 0.25) is 0 Å². The van der Waals surface area contributed by atoms with Crippen LogP contribution in [0.2, 0.25) is 0 Å². The van der Waals surface area contributed by atoms with E-state index in [0.717, 1.165) is 5.01 Å². The van der Waals surface area contributed by atoms with Gasteiger partial charge >= 0.3 is 0 Å². The van der Waals surface area contributed by atoms with Crippen LogP contribution in [0.4, 0.5) is 5.69 Å². The number of aromatic nitrogens is 2. The number of hydrogen-bond donors (Lipinski definition) is 1. The third kappa shape index (κ3) is 2.74. The molecule has 2 rings (SSSR count). The van der Waals surface area contributed by atoms with Gasteiger partial charge < -0.3 is 10.1 Å². The summed E-state index contributed by atoms with van der Waals surface area (Å²) in [5.74, 6) is 0. The first-order valence-electron chi connectivity index (χ1n) is 5.37. The van der Waals surface area contributed by atoms with Crippen molar-refractivity contribution < 1.29 is 4.74 Å². The fourth-order valence-electron chi connectivity index (χ4n) is 1.65. The molecule has 0 fully saturated rings. The Hall–Kier alpha value is -1.62. The van der Waals surface area contributed by atoms with Gasteiger partial charge in [-0.25, -0.2) is 0 Å². The molecule has 1 aromatic heterocycles. The Bertz CT molecular complexity index is 490. The Labute approximate surface area is 105 Å². The van der Waals surface area contributed by atoms with Crippen LogP contribution in [-0.4, -0.2) is 17.3 Å². The third-order valence-corrected chi connectivity index (χ3v) is 3.40. The molecular formula is C12H15N3OS. The molecule has 0 unspecified atom stereocenters. The van der Waals surface area contributed by atoms with Gasteiger partial charge in [0.05, 0.1) is 13.7 Å². The second-order valence-corrected chi connectivity index (χ2v) is 4.81. The van der Waals surface area contributed by atoms with Gasteiger partial charge in [-0.15, -0.1) is 10.2 Å². The highest BCUT2D eigenvalue weighted by atomic mass is 32.1. The number of nitrogens with one attached hydrogen (secondary N) is 1. The summed E-state index contributed by atoms with van der Waals surface area (Å²) in [4.78, 5) is 0. The molecule has 1 N–H and O–H groups in total. The number of ether oxygens (including phenoxy) is 1. The average Bonchev–Trinajstić information content (AvgIpc) is 2.76. The summed E-state index contributed by atoms with van der Waals surface area (Å²) >= 11 is 1.46. The van der Waals surface area contributed by atoms with Crippen LogP contribution in [0.1, 0.15) is 16.1 Å². The van der Waals surface area contributed by atoms with Crippen LogP contribution in [0, 0.1) is 13.8 Å². The van der Waals surface area contributed by atoms with Crippen LogP contribution in [0.15, 0.2) is 18.2 Å². The Balaban J connectivity index is 2.07. The van der Waals surface area contributed by atoms with Crippen LogP contribution in [-0.2, 0) is 6.54 Å². The minimum atomic E-state index is 0.600. The van der Waals surface area contributed by atoms with Crippen molar-refractivity contribution >= 4 is 17.0 Å². The number of benzene rings is 1. The van der Waals surface area contributed by atoms with Crippen molar-refractivity contribution in [1.29, 1.82) is 0 Å². The van der Waals surface area contributed by atoms with E-state index < -0.39 is 0 Å². The lowest BCUT2D eigenvalue weighted by atomic mass is 10.1. The Morgan fingerprint density at radius 3 is 2.53 bits per heavy atom. The van der Waals surface area contributed by atoms with Crippen molar-refractivity contribution in [2.75, 3.05) is 12.4 Å². The van der Waals surface area contributed by atoms with Gasteiger partial charge in [-0.3, -0.25) is 0 Å². The summed E-state index contributed by atoms with van der Waals surface area (Å²) in [6.07, 6.45) is 0. The highest BCUT2D eigenvalue weighted by Gasteiger charge is 2.05. The van der Waals surface area contributed by atoms with Crippen molar-refractivity contribution in [3.63, 3.8) is 0 Å². The summed E-state index contributed by atoms with van der Waals surface area (Å²) in [6, 6.07) is 6.25. The van der Waals surface area contributed by atoms with E-state index in [2.05, 4.69) is 47.6 Å². The molecule has 0 aliphatic rings. The number of anilines is 1. The average molecular weight is 249 g/mol. The lowest BCUT2D eigenvalue weighted by Crippen LogP contribution is -2.02. The summed E-state index contributed by atoms with van der Waals surface area (Å²) in [7, 11) is 1.60. The van der Waals surface area contributed by atoms with Crippen molar-refractivity contribution in [3.8, 4) is 5.19 Å². The summed E-state index contributed by atoms with van der Waals surface area (Å²) in [5, 5.41) is 12.8. The first-order chi connectivity index (χ1) is 8.20. The molecule has 1 aromatic carbocycles. The van der Waals surface area contributed by atoms with Gasteiger partial charge in [-0.1, -0.05) is 29.5 Å². The highest BCUT2D eigenvalue weighted by Crippen LogP contribution is 2.22. The largest absolute Gasteiger partial charge is 0.472 e. The molecular weight excluding hydrogens is 234 g/mol. The smallest absolute Gasteiger partial charge is 0.293 e. The molecule has 2 aromatic rings. The van der Waals surface area contributed by atoms with E-state index in [9.17, 15) is 0 Å². The maximum absolute atomic E-state index is 5.01. The van der Waals surface area contributed by atoms with Crippen molar-refractivity contribution in [3.05, 3.63) is 34.3 Å². The molecule has 4 nitrogen and oxygen atoms in total. The molecule has 0 saturated carbocycles. The molecule has 0 aliphatic carbocycles. The molecule has 5 heteroatoms. The topological polar surface area (TPSA) is 47.0 Å². The summed E-state index contributed by atoms with van der Waals surface area (Å²) < 4.78 is 5.01. The van der Waals surface area contributed by atoms with Gasteiger partial charge in [0.1, 0.15) is 5.01 Å². The molecule has 0 spiro atoms. The lowest BCUT2D eigenvalue weighted by molar-refractivity contribution is 0.407. The summed E-state index contributed by atoms with van der Waals surface area (Å²) in [6.45, 7) is 4.86. The van der Waals surface area contributed by atoms with Crippen LogP contribution in [0.5, 0.6) is 5.19 Å². The lowest BCUT2D eigenvalue weighted by Gasteiger charge is -2.10. The zero-order chi connectivity index (χ0) is 12.3. The van der Waals surface area contributed by atoms with Gasteiger partial charge in [-0.05, 0) is 25.0 Å². The van der Waals surface area contributed by atoms with Gasteiger partial charge in [0.15, 0.2) is 0 Å². The zero-order valence-corrected chi connectivity index (χ0v) is 11.0. The fraction of sp³-hybridized carbons (Fsp3) is 0.333. The number of hydrogen-bond acceptors (Lipinski definition) is 5. The fourth-order valence-corrected chi connectivity index (χ4v) is 2.24. The minimum absolute atomic E-state index is 0.600. The maximum atomic E-state index is 5.01. The standard InChI is InChI=1S/C12H15N3OS/c1-8-5-4-6-9(2)11(8)13-7-10-14-15-12(16-3)17-10/h4-6,13H,7H2,1-3H3. The van der Waals surface area contributed by atoms with Crippen LogP contribution < -0.4 is 10.1 Å². The van der Waals surface area contributed by atoms with Crippen molar-refractivity contribution in [2.45, 2.75) is 20.4 Å². The predicted molar refractivity (Wildman–Crippen MR) is 69.7 cm³/mol. The first kappa shape index (κ1) is 11.9. The summed E-state index contributed by atoms with van der Waals surface area (Å²) in [5.41, 5.74) is 3.64. The maximum Gasteiger partial charge on any atom is 0.293 e. The van der Waals surface area contributed by atoms with E-state index in [-0.39, 0.29) is 0 Å². The van der Waals surface area contributed by atoms with Crippen molar-refractivity contribution in [1.82, 2.24) is 10.2 Å². The highest BCUT2D eigenvalue weighted by molar-refractivity contribution is 7.13. The van der Waals surface area contributed by atoms with Gasteiger partial charge in [0, 0.05) is 5.69 Å². The van der Waals surface area contributed by atoms with E-state index in [0.29, 0.717) is 11.7 Å². The molecule has 0 aliphatic heterocycles. The normalized spacial score (nSPS) is 10.3. The molecule has 0 amide bonds. The Morgan fingerprint density at radius 2 is 1.94 bits per heavy atom. The molecule has 0 radical (unpaired) electrons. The number of methoxy groups -OCH3 is 1. The second kappa shape index (κ2) is 5.14. The number of nitrogens with zero attached hydrogens (tertiary/aromatic N) is 2. The molecule has 1 heterocycles. The SMILES string of the molecule is COc1nnc(CNc2c(C)cccc2C)s1. The minimum Gasteiger partial charge on any atom is -0.472 e. The first-order valence-corrected chi connectivity index (χ1v) is 6.19. The van der Waals surface area contributed by atoms with E-state index in [4.69, 9.17) is 4.74 Å².